The third-order valence-electron chi connectivity index (χ3n) is 2.55. The smallest absolute Gasteiger partial charge is 0.233 e. The van der Waals surface area contributed by atoms with Crippen LogP contribution in [-0.4, -0.2) is 29.2 Å². The Balaban J connectivity index is 2.26. The van der Waals surface area contributed by atoms with Gasteiger partial charge in [-0.2, -0.15) is 0 Å². The minimum atomic E-state index is 0.00399. The number of amides is 1. The van der Waals surface area contributed by atoms with Gasteiger partial charge in [0.25, 0.3) is 0 Å². The average molecular weight is 229 g/mol. The van der Waals surface area contributed by atoms with E-state index >= 15 is 0 Å². The SMILES string of the molecule is CC(C)C(=O)CNC(=O)C1CCCCS1. The van der Waals surface area contributed by atoms with Gasteiger partial charge in [0.15, 0.2) is 5.78 Å². The second kappa shape index (κ2) is 6.16. The summed E-state index contributed by atoms with van der Waals surface area (Å²) in [6.45, 7) is 3.89. The predicted octanol–water partition coefficient (Wildman–Crippen LogP) is 1.61. The standard InChI is InChI=1S/C11H19NO2S/c1-8(2)9(13)7-12-11(14)10-5-3-4-6-15-10/h8,10H,3-7H2,1-2H3,(H,12,14). The lowest BCUT2D eigenvalue weighted by Gasteiger charge is -2.20. The van der Waals surface area contributed by atoms with E-state index in [9.17, 15) is 9.59 Å². The summed E-state index contributed by atoms with van der Waals surface area (Å²) >= 11 is 1.71. The Labute approximate surface area is 95.4 Å². The van der Waals surface area contributed by atoms with Crippen molar-refractivity contribution in [3.05, 3.63) is 0 Å². The Morgan fingerprint density at radius 1 is 1.40 bits per heavy atom. The highest BCUT2D eigenvalue weighted by Crippen LogP contribution is 2.24. The van der Waals surface area contributed by atoms with E-state index in [1.165, 1.54) is 6.42 Å². The summed E-state index contributed by atoms with van der Waals surface area (Å²) in [6.07, 6.45) is 3.29. The third-order valence-corrected chi connectivity index (χ3v) is 3.93. The molecule has 1 aliphatic heterocycles. The molecule has 1 unspecified atom stereocenters. The quantitative estimate of drug-likeness (QED) is 0.796. The molecule has 1 saturated heterocycles. The second-order valence-corrected chi connectivity index (χ2v) is 5.50. The van der Waals surface area contributed by atoms with Crippen LogP contribution in [0.1, 0.15) is 33.1 Å². The van der Waals surface area contributed by atoms with E-state index in [0.717, 1.165) is 18.6 Å². The molecule has 1 atom stereocenters. The van der Waals surface area contributed by atoms with Crippen LogP contribution < -0.4 is 5.32 Å². The fourth-order valence-corrected chi connectivity index (χ4v) is 2.66. The molecule has 0 radical (unpaired) electrons. The Morgan fingerprint density at radius 3 is 2.67 bits per heavy atom. The van der Waals surface area contributed by atoms with E-state index in [4.69, 9.17) is 0 Å². The summed E-state index contributed by atoms with van der Waals surface area (Å²) in [5.41, 5.74) is 0. The molecule has 0 aliphatic carbocycles. The molecule has 0 spiro atoms. The van der Waals surface area contributed by atoms with Gasteiger partial charge in [0.1, 0.15) is 0 Å². The van der Waals surface area contributed by atoms with Crippen LogP contribution in [0, 0.1) is 5.92 Å². The zero-order valence-corrected chi connectivity index (χ0v) is 10.2. The van der Waals surface area contributed by atoms with Gasteiger partial charge in [-0.25, -0.2) is 0 Å². The first-order valence-electron chi connectivity index (χ1n) is 5.53. The first kappa shape index (κ1) is 12.6. The maximum absolute atomic E-state index is 11.6. The molecule has 4 heteroatoms. The number of rotatable bonds is 4. The monoisotopic (exact) mass is 229 g/mol. The predicted molar refractivity (Wildman–Crippen MR) is 63.0 cm³/mol. The van der Waals surface area contributed by atoms with Crippen molar-refractivity contribution in [1.29, 1.82) is 0 Å². The molecule has 15 heavy (non-hydrogen) atoms. The van der Waals surface area contributed by atoms with E-state index in [2.05, 4.69) is 5.32 Å². The molecule has 1 fully saturated rings. The van der Waals surface area contributed by atoms with Crippen LogP contribution in [0.3, 0.4) is 0 Å². The summed E-state index contributed by atoms with van der Waals surface area (Å²) in [4.78, 5) is 22.9. The molecule has 0 aromatic rings. The Kier molecular flexibility index (Phi) is 5.15. The normalized spacial score (nSPS) is 21.4. The minimum Gasteiger partial charge on any atom is -0.348 e. The molecule has 0 bridgehead atoms. The molecule has 1 aliphatic rings. The summed E-state index contributed by atoms with van der Waals surface area (Å²) in [5.74, 6) is 1.21. The molecule has 3 nitrogen and oxygen atoms in total. The lowest BCUT2D eigenvalue weighted by Crippen LogP contribution is -2.38. The van der Waals surface area contributed by atoms with Crippen LogP contribution in [0.2, 0.25) is 0 Å². The summed E-state index contributed by atoms with van der Waals surface area (Å²) < 4.78 is 0. The lowest BCUT2D eigenvalue weighted by molar-refractivity contribution is -0.126. The molecule has 1 rings (SSSR count). The van der Waals surface area contributed by atoms with E-state index in [1.54, 1.807) is 11.8 Å². The van der Waals surface area contributed by atoms with Crippen LogP contribution >= 0.6 is 11.8 Å². The highest BCUT2D eigenvalue weighted by molar-refractivity contribution is 8.00. The van der Waals surface area contributed by atoms with Crippen molar-refractivity contribution in [3.63, 3.8) is 0 Å². The lowest BCUT2D eigenvalue weighted by atomic mass is 10.1. The van der Waals surface area contributed by atoms with Gasteiger partial charge in [-0.3, -0.25) is 9.59 Å². The van der Waals surface area contributed by atoms with Gasteiger partial charge in [0.2, 0.25) is 5.91 Å². The fraction of sp³-hybridized carbons (Fsp3) is 0.818. The van der Waals surface area contributed by atoms with Crippen molar-refractivity contribution in [1.82, 2.24) is 5.32 Å². The minimum absolute atomic E-state index is 0.00399. The molecule has 1 N–H and O–H groups in total. The van der Waals surface area contributed by atoms with Crippen LogP contribution in [0.5, 0.6) is 0 Å². The number of hydrogen-bond donors (Lipinski definition) is 1. The molecule has 1 amide bonds. The fourth-order valence-electron chi connectivity index (χ4n) is 1.44. The van der Waals surface area contributed by atoms with Crippen molar-refractivity contribution in [2.75, 3.05) is 12.3 Å². The van der Waals surface area contributed by atoms with Crippen molar-refractivity contribution in [2.45, 2.75) is 38.4 Å². The van der Waals surface area contributed by atoms with Crippen LogP contribution in [-0.2, 0) is 9.59 Å². The number of Topliss-reactive ketones (excluding diaryl/α,β-unsaturated/α-hetero) is 1. The van der Waals surface area contributed by atoms with Gasteiger partial charge in [-0.05, 0) is 18.6 Å². The highest BCUT2D eigenvalue weighted by Gasteiger charge is 2.22. The van der Waals surface area contributed by atoms with E-state index in [1.807, 2.05) is 13.8 Å². The number of carbonyl (C=O) groups is 2. The second-order valence-electron chi connectivity index (χ2n) is 4.19. The van der Waals surface area contributed by atoms with Crippen LogP contribution in [0.15, 0.2) is 0 Å². The number of carbonyl (C=O) groups excluding carboxylic acids is 2. The number of thioether (sulfide) groups is 1. The van der Waals surface area contributed by atoms with Crippen LogP contribution in [0.4, 0.5) is 0 Å². The first-order chi connectivity index (χ1) is 7.11. The zero-order chi connectivity index (χ0) is 11.3. The van der Waals surface area contributed by atoms with Crippen molar-refractivity contribution < 1.29 is 9.59 Å². The Bertz CT molecular complexity index is 235. The molecule has 1 heterocycles. The van der Waals surface area contributed by atoms with Gasteiger partial charge in [-0.15, -0.1) is 11.8 Å². The van der Waals surface area contributed by atoms with Crippen LogP contribution in [0.25, 0.3) is 0 Å². The maximum Gasteiger partial charge on any atom is 0.233 e. The third kappa shape index (κ3) is 4.24. The first-order valence-corrected chi connectivity index (χ1v) is 6.58. The highest BCUT2D eigenvalue weighted by atomic mass is 32.2. The van der Waals surface area contributed by atoms with E-state index in [-0.39, 0.29) is 29.4 Å². The Morgan fingerprint density at radius 2 is 2.13 bits per heavy atom. The maximum atomic E-state index is 11.6. The summed E-state index contributed by atoms with van der Waals surface area (Å²) in [5, 5.41) is 2.79. The number of hydrogen-bond acceptors (Lipinski definition) is 3. The van der Waals surface area contributed by atoms with Crippen molar-refractivity contribution in [2.24, 2.45) is 5.92 Å². The molecule has 0 saturated carbocycles. The summed E-state index contributed by atoms with van der Waals surface area (Å²) in [7, 11) is 0. The zero-order valence-electron chi connectivity index (χ0n) is 9.41. The van der Waals surface area contributed by atoms with Gasteiger partial charge < -0.3 is 5.32 Å². The molecular formula is C11H19NO2S. The molecule has 86 valence electrons. The Hall–Kier alpha value is -0.510. The van der Waals surface area contributed by atoms with Crippen molar-refractivity contribution >= 4 is 23.5 Å². The van der Waals surface area contributed by atoms with E-state index < -0.39 is 0 Å². The van der Waals surface area contributed by atoms with Gasteiger partial charge in [0.05, 0.1) is 11.8 Å². The largest absolute Gasteiger partial charge is 0.348 e. The number of nitrogens with one attached hydrogen (secondary N) is 1. The molecule has 0 aromatic heterocycles. The van der Waals surface area contributed by atoms with Gasteiger partial charge in [-0.1, -0.05) is 20.3 Å². The molecule has 0 aromatic carbocycles. The molecular weight excluding hydrogens is 210 g/mol. The van der Waals surface area contributed by atoms with Gasteiger partial charge in [0, 0.05) is 5.92 Å². The topological polar surface area (TPSA) is 46.2 Å². The van der Waals surface area contributed by atoms with E-state index in [0.29, 0.717) is 0 Å². The van der Waals surface area contributed by atoms with Gasteiger partial charge >= 0.3 is 0 Å². The average Bonchev–Trinajstić information content (AvgIpc) is 2.26. The summed E-state index contributed by atoms with van der Waals surface area (Å²) in [6, 6.07) is 0. The van der Waals surface area contributed by atoms with Crippen molar-refractivity contribution in [3.8, 4) is 0 Å². The number of ketones is 1.